The molecule has 0 bridgehead atoms. The van der Waals surface area contributed by atoms with Crippen LogP contribution in [0.1, 0.15) is 5.56 Å². The van der Waals surface area contributed by atoms with Crippen LogP contribution in [0.15, 0.2) is 18.2 Å². The fourth-order valence-electron chi connectivity index (χ4n) is 1.87. The molecule has 0 saturated heterocycles. The Labute approximate surface area is 114 Å². The molecular formula is C13H6F5NO2. The van der Waals surface area contributed by atoms with E-state index in [2.05, 4.69) is 0 Å². The van der Waals surface area contributed by atoms with Crippen LogP contribution in [-0.4, -0.2) is 4.92 Å². The van der Waals surface area contributed by atoms with Gasteiger partial charge in [0, 0.05) is 11.6 Å². The first-order valence-corrected chi connectivity index (χ1v) is 5.52. The van der Waals surface area contributed by atoms with E-state index in [0.717, 1.165) is 18.2 Å². The maximum atomic E-state index is 13.6. The lowest BCUT2D eigenvalue weighted by Gasteiger charge is -2.09. The fraction of sp³-hybridized carbons (Fsp3) is 0.0769. The van der Waals surface area contributed by atoms with E-state index in [9.17, 15) is 32.1 Å². The van der Waals surface area contributed by atoms with Gasteiger partial charge in [0.2, 0.25) is 5.82 Å². The van der Waals surface area contributed by atoms with Crippen LogP contribution in [0.3, 0.4) is 0 Å². The summed E-state index contributed by atoms with van der Waals surface area (Å²) in [5.74, 6) is -10.4. The van der Waals surface area contributed by atoms with E-state index in [1.165, 1.54) is 6.92 Å². The Bertz CT molecular complexity index is 732. The third-order valence-corrected chi connectivity index (χ3v) is 2.89. The van der Waals surface area contributed by atoms with Gasteiger partial charge in [0.1, 0.15) is 0 Å². The second-order valence-corrected chi connectivity index (χ2v) is 4.20. The molecule has 0 atom stereocenters. The van der Waals surface area contributed by atoms with Crippen molar-refractivity contribution in [1.29, 1.82) is 0 Å². The van der Waals surface area contributed by atoms with Crippen molar-refractivity contribution in [2.75, 3.05) is 0 Å². The highest BCUT2D eigenvalue weighted by Crippen LogP contribution is 2.33. The van der Waals surface area contributed by atoms with E-state index in [4.69, 9.17) is 0 Å². The molecule has 0 saturated carbocycles. The minimum absolute atomic E-state index is 0.0291. The second-order valence-electron chi connectivity index (χ2n) is 4.20. The number of rotatable bonds is 2. The molecule has 3 nitrogen and oxygen atoms in total. The number of benzene rings is 2. The van der Waals surface area contributed by atoms with Crippen LogP contribution < -0.4 is 0 Å². The molecular weight excluding hydrogens is 297 g/mol. The first-order chi connectivity index (χ1) is 9.75. The molecule has 0 aliphatic heterocycles. The van der Waals surface area contributed by atoms with Crippen molar-refractivity contribution in [1.82, 2.24) is 0 Å². The molecule has 0 amide bonds. The van der Waals surface area contributed by atoms with E-state index in [0.29, 0.717) is 0 Å². The van der Waals surface area contributed by atoms with Gasteiger partial charge in [-0.1, -0.05) is 0 Å². The Morgan fingerprint density at radius 3 is 1.81 bits per heavy atom. The van der Waals surface area contributed by atoms with Gasteiger partial charge < -0.3 is 0 Å². The average Bonchev–Trinajstić information content (AvgIpc) is 2.43. The molecule has 0 N–H and O–H groups in total. The molecule has 2 aromatic carbocycles. The van der Waals surface area contributed by atoms with Gasteiger partial charge >= 0.3 is 0 Å². The Hall–Kier alpha value is -2.51. The molecule has 2 rings (SSSR count). The molecule has 0 aliphatic rings. The zero-order valence-corrected chi connectivity index (χ0v) is 10.4. The lowest BCUT2D eigenvalue weighted by molar-refractivity contribution is -0.385. The third kappa shape index (κ3) is 2.32. The van der Waals surface area contributed by atoms with E-state index in [1.807, 2.05) is 0 Å². The predicted octanol–water partition coefficient (Wildman–Crippen LogP) is 4.27. The first-order valence-electron chi connectivity index (χ1n) is 5.52. The van der Waals surface area contributed by atoms with Crippen LogP contribution in [-0.2, 0) is 0 Å². The number of halogens is 5. The zero-order valence-electron chi connectivity index (χ0n) is 10.4. The summed E-state index contributed by atoms with van der Waals surface area (Å²) < 4.78 is 66.4. The number of aryl methyl sites for hydroxylation is 1. The van der Waals surface area contributed by atoms with Crippen molar-refractivity contribution in [3.05, 3.63) is 63.0 Å². The SMILES string of the molecule is Cc1cc(-c2c(F)c(F)c(F)c(F)c2F)ccc1[N+](=O)[O-]. The van der Waals surface area contributed by atoms with Gasteiger partial charge in [-0.05, 0) is 24.6 Å². The minimum atomic E-state index is -2.26. The van der Waals surface area contributed by atoms with Crippen molar-refractivity contribution in [2.45, 2.75) is 6.92 Å². The largest absolute Gasteiger partial charge is 0.272 e. The van der Waals surface area contributed by atoms with E-state index >= 15 is 0 Å². The van der Waals surface area contributed by atoms with Gasteiger partial charge in [0.25, 0.3) is 5.69 Å². The van der Waals surface area contributed by atoms with Gasteiger partial charge in [-0.2, -0.15) is 0 Å². The van der Waals surface area contributed by atoms with Gasteiger partial charge in [0.15, 0.2) is 23.3 Å². The first kappa shape index (κ1) is 14.9. The molecule has 0 unspecified atom stereocenters. The average molecular weight is 303 g/mol. The molecule has 0 spiro atoms. The lowest BCUT2D eigenvalue weighted by Crippen LogP contribution is -2.04. The Balaban J connectivity index is 2.74. The highest BCUT2D eigenvalue weighted by Gasteiger charge is 2.27. The molecule has 0 fully saturated rings. The zero-order chi connectivity index (χ0) is 15.9. The highest BCUT2D eigenvalue weighted by molar-refractivity contribution is 5.68. The second kappa shape index (κ2) is 5.12. The molecule has 8 heteroatoms. The summed E-state index contributed by atoms with van der Waals surface area (Å²) in [6.07, 6.45) is 0. The Morgan fingerprint density at radius 1 is 0.905 bits per heavy atom. The highest BCUT2D eigenvalue weighted by atomic mass is 19.2. The number of nitro benzene ring substituents is 1. The van der Waals surface area contributed by atoms with Gasteiger partial charge in [-0.25, -0.2) is 22.0 Å². The summed E-state index contributed by atoms with van der Waals surface area (Å²) in [6.45, 7) is 1.29. The minimum Gasteiger partial charge on any atom is -0.258 e. The number of hydrogen-bond acceptors (Lipinski definition) is 2. The normalized spacial score (nSPS) is 10.8. The van der Waals surface area contributed by atoms with Crippen LogP contribution in [0.25, 0.3) is 11.1 Å². The summed E-state index contributed by atoms with van der Waals surface area (Å²) in [5, 5.41) is 10.6. The standard InChI is InChI=1S/C13H6F5NO2/c1-5-4-6(2-3-7(5)19(20)21)8-9(14)11(16)13(18)12(17)10(8)15/h2-4H,1H3. The van der Waals surface area contributed by atoms with Crippen LogP contribution >= 0.6 is 0 Å². The molecule has 2 aromatic rings. The van der Waals surface area contributed by atoms with Crippen LogP contribution in [0.2, 0.25) is 0 Å². The predicted molar refractivity (Wildman–Crippen MR) is 63.1 cm³/mol. The van der Waals surface area contributed by atoms with Crippen molar-refractivity contribution in [3.63, 3.8) is 0 Å². The quantitative estimate of drug-likeness (QED) is 0.273. The van der Waals surface area contributed by atoms with E-state index in [1.54, 1.807) is 0 Å². The molecule has 110 valence electrons. The van der Waals surface area contributed by atoms with Crippen LogP contribution in [0, 0.1) is 46.1 Å². The molecule has 0 aliphatic carbocycles. The van der Waals surface area contributed by atoms with Crippen molar-refractivity contribution in [3.8, 4) is 11.1 Å². The molecule has 0 radical (unpaired) electrons. The number of nitro groups is 1. The number of nitrogens with zero attached hydrogens (tertiary/aromatic N) is 1. The molecule has 0 heterocycles. The topological polar surface area (TPSA) is 43.1 Å². The van der Waals surface area contributed by atoms with Crippen LogP contribution in [0.4, 0.5) is 27.6 Å². The maximum Gasteiger partial charge on any atom is 0.272 e. The Kier molecular flexibility index (Phi) is 3.63. The summed E-state index contributed by atoms with van der Waals surface area (Å²) in [5.41, 5.74) is -1.76. The molecule has 21 heavy (non-hydrogen) atoms. The summed E-state index contributed by atoms with van der Waals surface area (Å²) >= 11 is 0. The Morgan fingerprint density at radius 2 is 1.38 bits per heavy atom. The van der Waals surface area contributed by atoms with E-state index in [-0.39, 0.29) is 16.8 Å². The third-order valence-electron chi connectivity index (χ3n) is 2.89. The van der Waals surface area contributed by atoms with Crippen molar-refractivity contribution >= 4 is 5.69 Å². The maximum absolute atomic E-state index is 13.6. The molecule has 0 aromatic heterocycles. The monoisotopic (exact) mass is 303 g/mol. The smallest absolute Gasteiger partial charge is 0.258 e. The van der Waals surface area contributed by atoms with Crippen LogP contribution in [0.5, 0.6) is 0 Å². The fourth-order valence-corrected chi connectivity index (χ4v) is 1.87. The van der Waals surface area contributed by atoms with Crippen molar-refractivity contribution in [2.24, 2.45) is 0 Å². The van der Waals surface area contributed by atoms with Gasteiger partial charge in [-0.3, -0.25) is 10.1 Å². The van der Waals surface area contributed by atoms with Gasteiger partial charge in [0.05, 0.1) is 10.5 Å². The van der Waals surface area contributed by atoms with Gasteiger partial charge in [-0.15, -0.1) is 0 Å². The van der Waals surface area contributed by atoms with E-state index < -0.39 is 39.6 Å². The summed E-state index contributed by atoms with van der Waals surface area (Å²) in [7, 11) is 0. The summed E-state index contributed by atoms with van der Waals surface area (Å²) in [4.78, 5) is 9.92. The lowest BCUT2D eigenvalue weighted by atomic mass is 10.0. The summed E-state index contributed by atoms with van der Waals surface area (Å²) in [6, 6.07) is 2.84. The number of hydrogen-bond donors (Lipinski definition) is 0. The van der Waals surface area contributed by atoms with Crippen molar-refractivity contribution < 1.29 is 26.9 Å².